The molecule has 0 aromatic heterocycles. The summed E-state index contributed by atoms with van der Waals surface area (Å²) in [7, 11) is 1.64. The van der Waals surface area contributed by atoms with E-state index < -0.39 is 5.54 Å². The lowest BCUT2D eigenvalue weighted by Crippen LogP contribution is -2.59. The molecule has 2 aromatic carbocycles. The van der Waals surface area contributed by atoms with Crippen LogP contribution in [0.15, 0.2) is 54.6 Å². The Morgan fingerprint density at radius 3 is 2.31 bits per heavy atom. The van der Waals surface area contributed by atoms with Gasteiger partial charge in [0.05, 0.1) is 25.9 Å². The van der Waals surface area contributed by atoms with Crippen molar-refractivity contribution in [2.45, 2.75) is 25.3 Å². The number of rotatable bonds is 7. The van der Waals surface area contributed by atoms with E-state index in [4.69, 9.17) is 9.47 Å². The highest BCUT2D eigenvalue weighted by molar-refractivity contribution is 6.03. The van der Waals surface area contributed by atoms with Crippen LogP contribution in [0.4, 0.5) is 0 Å². The summed E-state index contributed by atoms with van der Waals surface area (Å²) in [5.41, 5.74) is 1.36. The molecule has 1 saturated heterocycles. The Labute approximate surface area is 155 Å². The van der Waals surface area contributed by atoms with Crippen molar-refractivity contribution in [3.63, 3.8) is 0 Å². The lowest BCUT2D eigenvalue weighted by molar-refractivity contribution is -0.0163. The van der Waals surface area contributed by atoms with Gasteiger partial charge in [-0.3, -0.25) is 9.69 Å². The highest BCUT2D eigenvalue weighted by Crippen LogP contribution is 2.31. The van der Waals surface area contributed by atoms with Crippen LogP contribution in [-0.2, 0) is 11.2 Å². The SMILES string of the molecule is CCC(Cc1ccccc1)(C(=O)c1ccc(OC)cc1)N1CCOCC1. The van der Waals surface area contributed by atoms with E-state index in [1.54, 1.807) is 7.11 Å². The third kappa shape index (κ3) is 3.81. The van der Waals surface area contributed by atoms with Crippen molar-refractivity contribution in [2.24, 2.45) is 0 Å². The van der Waals surface area contributed by atoms with E-state index in [2.05, 4.69) is 24.0 Å². The number of benzene rings is 2. The fourth-order valence-electron chi connectivity index (χ4n) is 3.78. The van der Waals surface area contributed by atoms with Gasteiger partial charge in [-0.05, 0) is 42.7 Å². The molecule has 26 heavy (non-hydrogen) atoms. The normalized spacial score (nSPS) is 17.5. The van der Waals surface area contributed by atoms with Gasteiger partial charge < -0.3 is 9.47 Å². The first kappa shape index (κ1) is 18.6. The molecule has 0 amide bonds. The summed E-state index contributed by atoms with van der Waals surface area (Å²) in [4.78, 5) is 16.0. The van der Waals surface area contributed by atoms with Crippen LogP contribution in [0, 0.1) is 0 Å². The van der Waals surface area contributed by atoms with Crippen LogP contribution < -0.4 is 4.74 Å². The molecule has 0 spiro atoms. The van der Waals surface area contributed by atoms with Gasteiger partial charge in [0.25, 0.3) is 0 Å². The number of nitrogens with zero attached hydrogens (tertiary/aromatic N) is 1. The van der Waals surface area contributed by atoms with Crippen molar-refractivity contribution in [1.29, 1.82) is 0 Å². The van der Waals surface area contributed by atoms with Gasteiger partial charge in [0.1, 0.15) is 5.75 Å². The number of hydrogen-bond acceptors (Lipinski definition) is 4. The zero-order chi connectivity index (χ0) is 18.4. The molecule has 0 aliphatic carbocycles. The summed E-state index contributed by atoms with van der Waals surface area (Å²) in [5, 5.41) is 0. The van der Waals surface area contributed by atoms with E-state index in [9.17, 15) is 4.79 Å². The van der Waals surface area contributed by atoms with E-state index in [1.165, 1.54) is 5.56 Å². The van der Waals surface area contributed by atoms with Gasteiger partial charge in [-0.25, -0.2) is 0 Å². The minimum absolute atomic E-state index is 0.174. The second-order valence-corrected chi connectivity index (χ2v) is 6.70. The van der Waals surface area contributed by atoms with Crippen molar-refractivity contribution >= 4 is 5.78 Å². The van der Waals surface area contributed by atoms with Gasteiger partial charge >= 0.3 is 0 Å². The zero-order valence-electron chi connectivity index (χ0n) is 15.6. The summed E-state index contributed by atoms with van der Waals surface area (Å²) in [5.74, 6) is 0.937. The van der Waals surface area contributed by atoms with Crippen molar-refractivity contribution in [3.05, 3.63) is 65.7 Å². The summed E-state index contributed by atoms with van der Waals surface area (Å²) < 4.78 is 10.8. The van der Waals surface area contributed by atoms with Crippen LogP contribution in [0.25, 0.3) is 0 Å². The largest absolute Gasteiger partial charge is 0.497 e. The number of morpholine rings is 1. The van der Waals surface area contributed by atoms with Crippen LogP contribution in [-0.4, -0.2) is 49.6 Å². The topological polar surface area (TPSA) is 38.8 Å². The lowest BCUT2D eigenvalue weighted by Gasteiger charge is -2.44. The minimum Gasteiger partial charge on any atom is -0.497 e. The molecule has 1 fully saturated rings. The molecule has 0 saturated carbocycles. The number of carbonyl (C=O) groups is 1. The molecule has 138 valence electrons. The zero-order valence-corrected chi connectivity index (χ0v) is 15.6. The molecular weight excluding hydrogens is 326 g/mol. The quantitative estimate of drug-likeness (QED) is 0.713. The van der Waals surface area contributed by atoms with E-state index in [-0.39, 0.29) is 5.78 Å². The first-order valence-electron chi connectivity index (χ1n) is 9.25. The first-order valence-corrected chi connectivity index (χ1v) is 9.25. The molecule has 0 radical (unpaired) electrons. The Balaban J connectivity index is 1.98. The molecule has 1 atom stereocenters. The molecule has 1 aliphatic heterocycles. The minimum atomic E-state index is -0.556. The van der Waals surface area contributed by atoms with Gasteiger partial charge in [-0.1, -0.05) is 37.3 Å². The maximum atomic E-state index is 13.7. The summed E-state index contributed by atoms with van der Waals surface area (Å²) in [6, 6.07) is 17.7. The second kappa shape index (κ2) is 8.47. The van der Waals surface area contributed by atoms with Crippen molar-refractivity contribution in [1.82, 2.24) is 4.90 Å². The van der Waals surface area contributed by atoms with Crippen molar-refractivity contribution in [2.75, 3.05) is 33.4 Å². The highest BCUT2D eigenvalue weighted by Gasteiger charge is 2.43. The van der Waals surface area contributed by atoms with Gasteiger partial charge in [-0.2, -0.15) is 0 Å². The number of ether oxygens (including phenoxy) is 2. The number of carbonyl (C=O) groups excluding carboxylic acids is 1. The number of ketones is 1. The lowest BCUT2D eigenvalue weighted by atomic mass is 9.79. The summed E-state index contributed by atoms with van der Waals surface area (Å²) >= 11 is 0. The van der Waals surface area contributed by atoms with Crippen LogP contribution in [0.5, 0.6) is 5.75 Å². The maximum Gasteiger partial charge on any atom is 0.183 e. The molecule has 0 bridgehead atoms. The fraction of sp³-hybridized carbons (Fsp3) is 0.409. The third-order valence-corrected chi connectivity index (χ3v) is 5.32. The summed E-state index contributed by atoms with van der Waals surface area (Å²) in [6.45, 7) is 5.02. The molecule has 4 nitrogen and oxygen atoms in total. The number of methoxy groups -OCH3 is 1. The van der Waals surface area contributed by atoms with E-state index >= 15 is 0 Å². The van der Waals surface area contributed by atoms with Crippen molar-refractivity contribution < 1.29 is 14.3 Å². The van der Waals surface area contributed by atoms with E-state index in [0.717, 1.165) is 30.8 Å². The smallest absolute Gasteiger partial charge is 0.183 e. The third-order valence-electron chi connectivity index (χ3n) is 5.32. The molecule has 3 rings (SSSR count). The first-order chi connectivity index (χ1) is 12.7. The van der Waals surface area contributed by atoms with Crippen LogP contribution in [0.3, 0.4) is 0 Å². The average molecular weight is 353 g/mol. The number of hydrogen-bond donors (Lipinski definition) is 0. The van der Waals surface area contributed by atoms with Crippen LogP contribution in [0.1, 0.15) is 29.3 Å². The molecule has 1 aliphatic rings. The van der Waals surface area contributed by atoms with Gasteiger partial charge in [-0.15, -0.1) is 0 Å². The predicted molar refractivity (Wildman–Crippen MR) is 103 cm³/mol. The molecular formula is C22H27NO3. The van der Waals surface area contributed by atoms with Gasteiger partial charge in [0.2, 0.25) is 0 Å². The molecule has 4 heteroatoms. The van der Waals surface area contributed by atoms with Gasteiger partial charge in [0, 0.05) is 18.7 Å². The predicted octanol–water partition coefficient (Wildman–Crippen LogP) is 3.60. The summed E-state index contributed by atoms with van der Waals surface area (Å²) in [6.07, 6.45) is 1.46. The Morgan fingerprint density at radius 1 is 1.08 bits per heavy atom. The standard InChI is InChI=1S/C22H27NO3/c1-3-22(23-13-15-26-16-14-23,17-18-7-5-4-6-8-18)21(24)19-9-11-20(25-2)12-10-19/h4-12H,3,13-17H2,1-2H3. The van der Waals surface area contributed by atoms with Gasteiger partial charge in [0.15, 0.2) is 5.78 Å². The molecule has 0 N–H and O–H groups in total. The number of Topliss-reactive ketones (excluding diaryl/α,β-unsaturated/α-hetero) is 1. The average Bonchev–Trinajstić information content (AvgIpc) is 2.73. The maximum absolute atomic E-state index is 13.7. The Kier molecular flexibility index (Phi) is 6.07. The van der Waals surface area contributed by atoms with Crippen LogP contribution >= 0.6 is 0 Å². The highest BCUT2D eigenvalue weighted by atomic mass is 16.5. The Morgan fingerprint density at radius 2 is 1.73 bits per heavy atom. The van der Waals surface area contributed by atoms with Crippen molar-refractivity contribution in [3.8, 4) is 5.75 Å². The second-order valence-electron chi connectivity index (χ2n) is 6.70. The molecule has 1 heterocycles. The van der Waals surface area contributed by atoms with E-state index in [0.29, 0.717) is 19.6 Å². The Bertz CT molecular complexity index is 708. The molecule has 1 unspecified atom stereocenters. The Hall–Kier alpha value is -2.17. The fourth-order valence-corrected chi connectivity index (χ4v) is 3.78. The monoisotopic (exact) mass is 353 g/mol. The molecule has 2 aromatic rings. The van der Waals surface area contributed by atoms with E-state index in [1.807, 2.05) is 42.5 Å². The van der Waals surface area contributed by atoms with Crippen LogP contribution in [0.2, 0.25) is 0 Å².